The van der Waals surface area contributed by atoms with E-state index in [-0.39, 0.29) is 22.4 Å². The summed E-state index contributed by atoms with van der Waals surface area (Å²) in [4.78, 5) is 45.9. The molecule has 0 amide bonds. The average Bonchev–Trinajstić information content (AvgIpc) is 2.68. The van der Waals surface area contributed by atoms with Crippen molar-refractivity contribution in [3.8, 4) is 5.75 Å². The molecule has 0 unspecified atom stereocenters. The number of carbonyl (C=O) groups is 4. The van der Waals surface area contributed by atoms with Crippen LogP contribution in [-0.2, 0) is 6.42 Å². The van der Waals surface area contributed by atoms with Gasteiger partial charge in [-0.25, -0.2) is 9.59 Å². The Kier molecular flexibility index (Phi) is 6.77. The lowest BCUT2D eigenvalue weighted by molar-refractivity contribution is 0.0685. The first-order valence-corrected chi connectivity index (χ1v) is 8.28. The summed E-state index contributed by atoms with van der Waals surface area (Å²) in [5, 5.41) is 9.43. The molecule has 0 aliphatic carbocycles. The Morgan fingerprint density at radius 2 is 1.74 bits per heavy atom. The van der Waals surface area contributed by atoms with Crippen molar-refractivity contribution in [2.24, 2.45) is 0 Å². The SMILES string of the molecule is CC/C=C/Cc1cc(C=O)c(OC(=O)c2ccc(C=O)cc2)cc1C(=O)O. The molecule has 0 saturated heterocycles. The number of hydrogen-bond donors (Lipinski definition) is 1. The monoisotopic (exact) mass is 366 g/mol. The van der Waals surface area contributed by atoms with Crippen molar-refractivity contribution >= 4 is 24.5 Å². The number of hydrogen-bond acceptors (Lipinski definition) is 5. The summed E-state index contributed by atoms with van der Waals surface area (Å²) in [5.74, 6) is -2.07. The van der Waals surface area contributed by atoms with E-state index in [9.17, 15) is 24.3 Å². The molecule has 0 aliphatic rings. The Morgan fingerprint density at radius 3 is 2.30 bits per heavy atom. The van der Waals surface area contributed by atoms with Crippen LogP contribution in [0, 0.1) is 0 Å². The minimum atomic E-state index is -1.18. The fourth-order valence-corrected chi connectivity index (χ4v) is 2.43. The second-order valence-corrected chi connectivity index (χ2v) is 5.68. The van der Waals surface area contributed by atoms with E-state index in [1.54, 1.807) is 0 Å². The van der Waals surface area contributed by atoms with Crippen molar-refractivity contribution in [2.45, 2.75) is 19.8 Å². The summed E-state index contributed by atoms with van der Waals surface area (Å²) >= 11 is 0. The number of allylic oxidation sites excluding steroid dienone is 2. The van der Waals surface area contributed by atoms with Gasteiger partial charge in [-0.05, 0) is 42.7 Å². The van der Waals surface area contributed by atoms with Crippen LogP contribution in [-0.4, -0.2) is 29.6 Å². The highest BCUT2D eigenvalue weighted by Crippen LogP contribution is 2.25. The quantitative estimate of drug-likeness (QED) is 0.331. The first-order chi connectivity index (χ1) is 13.0. The zero-order valence-corrected chi connectivity index (χ0v) is 14.7. The summed E-state index contributed by atoms with van der Waals surface area (Å²) in [7, 11) is 0. The average molecular weight is 366 g/mol. The molecule has 0 fully saturated rings. The van der Waals surface area contributed by atoms with E-state index >= 15 is 0 Å². The van der Waals surface area contributed by atoms with Gasteiger partial charge in [0.05, 0.1) is 16.7 Å². The molecule has 1 N–H and O–H groups in total. The van der Waals surface area contributed by atoms with Crippen molar-refractivity contribution in [3.05, 3.63) is 76.4 Å². The molecule has 0 heterocycles. The van der Waals surface area contributed by atoms with Gasteiger partial charge in [0.25, 0.3) is 0 Å². The molecular formula is C21H18O6. The Bertz CT molecular complexity index is 894. The highest BCUT2D eigenvalue weighted by atomic mass is 16.5. The molecule has 2 aromatic rings. The predicted molar refractivity (Wildman–Crippen MR) is 98.7 cm³/mol. The molecule has 0 saturated carbocycles. The number of aromatic carboxylic acids is 1. The lowest BCUT2D eigenvalue weighted by Crippen LogP contribution is -2.12. The molecule has 0 spiro atoms. The first-order valence-electron chi connectivity index (χ1n) is 8.28. The highest BCUT2D eigenvalue weighted by Gasteiger charge is 2.18. The van der Waals surface area contributed by atoms with Crippen LogP contribution in [0.3, 0.4) is 0 Å². The van der Waals surface area contributed by atoms with Crippen molar-refractivity contribution < 1.29 is 29.0 Å². The number of carbonyl (C=O) groups excluding carboxylic acids is 3. The Morgan fingerprint density at radius 1 is 1.04 bits per heavy atom. The van der Waals surface area contributed by atoms with Crippen LogP contribution in [0.25, 0.3) is 0 Å². The van der Waals surface area contributed by atoms with E-state index in [4.69, 9.17) is 4.74 Å². The highest BCUT2D eigenvalue weighted by molar-refractivity contribution is 5.96. The van der Waals surface area contributed by atoms with Gasteiger partial charge in [-0.2, -0.15) is 0 Å². The van der Waals surface area contributed by atoms with Gasteiger partial charge in [-0.1, -0.05) is 31.2 Å². The number of benzene rings is 2. The standard InChI is InChI=1S/C21H18O6/c1-2-3-4-5-16-10-17(13-23)19(11-18(16)20(24)25)27-21(26)15-8-6-14(12-22)7-9-15/h3-4,6-13H,2,5H2,1H3,(H,24,25)/b4-3+. The zero-order valence-electron chi connectivity index (χ0n) is 14.7. The number of carboxylic acid groups (broad SMARTS) is 1. The lowest BCUT2D eigenvalue weighted by Gasteiger charge is -2.11. The summed E-state index contributed by atoms with van der Waals surface area (Å²) in [6, 6.07) is 8.32. The van der Waals surface area contributed by atoms with Gasteiger partial charge in [-0.15, -0.1) is 0 Å². The predicted octanol–water partition coefficient (Wildman–Crippen LogP) is 3.74. The maximum atomic E-state index is 12.3. The minimum absolute atomic E-state index is 0.0412. The van der Waals surface area contributed by atoms with Crippen molar-refractivity contribution in [1.29, 1.82) is 0 Å². The molecule has 0 aliphatic heterocycles. The van der Waals surface area contributed by atoms with E-state index in [1.165, 1.54) is 36.4 Å². The molecule has 0 bridgehead atoms. The molecule has 6 nitrogen and oxygen atoms in total. The second kappa shape index (κ2) is 9.24. The van der Waals surface area contributed by atoms with Gasteiger partial charge < -0.3 is 9.84 Å². The van der Waals surface area contributed by atoms with E-state index in [1.807, 2.05) is 19.1 Å². The summed E-state index contributed by atoms with van der Waals surface area (Å²) in [6.07, 6.45) is 6.01. The fourth-order valence-electron chi connectivity index (χ4n) is 2.43. The van der Waals surface area contributed by atoms with Crippen LogP contribution >= 0.6 is 0 Å². The number of carboxylic acids is 1. The Hall–Kier alpha value is -3.54. The molecule has 138 valence electrons. The van der Waals surface area contributed by atoms with E-state index in [0.29, 0.717) is 30.1 Å². The van der Waals surface area contributed by atoms with Gasteiger partial charge in [-0.3, -0.25) is 9.59 Å². The molecule has 0 radical (unpaired) electrons. The molecule has 6 heteroatoms. The molecular weight excluding hydrogens is 348 g/mol. The number of aldehydes is 2. The third kappa shape index (κ3) is 4.98. The van der Waals surface area contributed by atoms with Crippen LogP contribution in [0.2, 0.25) is 0 Å². The topological polar surface area (TPSA) is 97.7 Å². The van der Waals surface area contributed by atoms with Gasteiger partial charge in [0.15, 0.2) is 6.29 Å². The first kappa shape index (κ1) is 19.8. The molecule has 0 aromatic heterocycles. The normalized spacial score (nSPS) is 10.6. The van der Waals surface area contributed by atoms with Crippen LogP contribution in [0.1, 0.15) is 60.3 Å². The molecule has 2 rings (SSSR count). The second-order valence-electron chi connectivity index (χ2n) is 5.68. The molecule has 0 atom stereocenters. The van der Waals surface area contributed by atoms with Gasteiger partial charge in [0.2, 0.25) is 0 Å². The third-order valence-corrected chi connectivity index (χ3v) is 3.82. The van der Waals surface area contributed by atoms with Crippen LogP contribution in [0.15, 0.2) is 48.6 Å². The Labute approximate surface area is 156 Å². The fraction of sp³-hybridized carbons (Fsp3) is 0.143. The van der Waals surface area contributed by atoms with Crippen LogP contribution in [0.5, 0.6) is 5.75 Å². The Balaban J connectivity index is 2.36. The smallest absolute Gasteiger partial charge is 0.343 e. The maximum Gasteiger partial charge on any atom is 0.343 e. The zero-order chi connectivity index (χ0) is 19.8. The number of ether oxygens (including phenoxy) is 1. The van der Waals surface area contributed by atoms with E-state index in [0.717, 1.165) is 6.42 Å². The van der Waals surface area contributed by atoms with Gasteiger partial charge >= 0.3 is 11.9 Å². The van der Waals surface area contributed by atoms with Gasteiger partial charge in [0.1, 0.15) is 12.0 Å². The largest absolute Gasteiger partial charge is 0.478 e. The van der Waals surface area contributed by atoms with E-state index in [2.05, 4.69) is 0 Å². The summed E-state index contributed by atoms with van der Waals surface area (Å²) in [6.45, 7) is 1.95. The lowest BCUT2D eigenvalue weighted by atomic mass is 10.00. The number of esters is 1. The van der Waals surface area contributed by atoms with Crippen molar-refractivity contribution in [3.63, 3.8) is 0 Å². The molecule has 2 aromatic carbocycles. The van der Waals surface area contributed by atoms with Gasteiger partial charge in [0, 0.05) is 5.56 Å². The number of rotatable bonds is 8. The van der Waals surface area contributed by atoms with E-state index < -0.39 is 11.9 Å². The van der Waals surface area contributed by atoms with Crippen molar-refractivity contribution in [1.82, 2.24) is 0 Å². The summed E-state index contributed by atoms with van der Waals surface area (Å²) in [5.41, 5.74) is 1.06. The maximum absolute atomic E-state index is 12.3. The van der Waals surface area contributed by atoms with Crippen molar-refractivity contribution in [2.75, 3.05) is 0 Å². The van der Waals surface area contributed by atoms with Crippen LogP contribution in [0.4, 0.5) is 0 Å². The third-order valence-electron chi connectivity index (χ3n) is 3.82. The minimum Gasteiger partial charge on any atom is -0.478 e. The molecule has 27 heavy (non-hydrogen) atoms. The van der Waals surface area contributed by atoms with Crippen LogP contribution < -0.4 is 4.74 Å². The summed E-state index contributed by atoms with van der Waals surface area (Å²) < 4.78 is 5.23.